The summed E-state index contributed by atoms with van der Waals surface area (Å²) in [5.74, 6) is -3.17. The van der Waals surface area contributed by atoms with E-state index in [0.29, 0.717) is 16.0 Å². The fourth-order valence-electron chi connectivity index (χ4n) is 4.79. The molecule has 0 bridgehead atoms. The van der Waals surface area contributed by atoms with Crippen molar-refractivity contribution >= 4 is 58.0 Å². The van der Waals surface area contributed by atoms with E-state index in [0.717, 1.165) is 0 Å². The molecule has 2 aliphatic heterocycles. The summed E-state index contributed by atoms with van der Waals surface area (Å²) in [4.78, 5) is 65.0. The van der Waals surface area contributed by atoms with Crippen molar-refractivity contribution < 1.29 is 28.7 Å². The zero-order valence-corrected chi connectivity index (χ0v) is 21.7. The standard InChI is InChI=1S/C26H22ClN3O7S/c1-26(2)19(24(34)35)30-22(33)18(23(30)38-26)29-21(32)17(12-6-4-3-5-7-12)28-20(31)15-11-13-10-14(27)8-9-16(13)37-25(15)36/h3-11,17-19,23H,1-2H3,(H,28,31)(H,29,32)(H,34,35)/t17?,18-,19+,23-/m1/s1. The zero-order valence-electron chi connectivity index (χ0n) is 20.1. The number of benzene rings is 2. The summed E-state index contributed by atoms with van der Waals surface area (Å²) in [7, 11) is 0. The van der Waals surface area contributed by atoms with Crippen molar-refractivity contribution in [3.63, 3.8) is 0 Å². The molecular weight excluding hydrogens is 534 g/mol. The van der Waals surface area contributed by atoms with Crippen LogP contribution in [0.3, 0.4) is 0 Å². The highest BCUT2D eigenvalue weighted by Gasteiger charge is 2.64. The molecule has 3 amide bonds. The summed E-state index contributed by atoms with van der Waals surface area (Å²) in [6.07, 6.45) is 0. The number of carboxylic acids is 1. The molecule has 10 nitrogen and oxygen atoms in total. The van der Waals surface area contributed by atoms with E-state index in [1.165, 1.54) is 34.9 Å². The Morgan fingerprint density at radius 1 is 1.11 bits per heavy atom. The molecule has 2 fully saturated rings. The fraction of sp³-hybridized carbons (Fsp3) is 0.269. The van der Waals surface area contributed by atoms with Crippen molar-refractivity contribution in [3.05, 3.63) is 81.2 Å². The van der Waals surface area contributed by atoms with E-state index < -0.39 is 57.6 Å². The SMILES string of the molecule is CC1(C)S[C@@H]2[C@H](NC(=O)C(NC(=O)c3cc4cc(Cl)ccc4oc3=O)c3ccccc3)C(=O)N2[C@H]1C(=O)O. The second kappa shape index (κ2) is 9.48. The van der Waals surface area contributed by atoms with Gasteiger partial charge in [-0.2, -0.15) is 0 Å². The van der Waals surface area contributed by atoms with Crippen LogP contribution in [0.5, 0.6) is 0 Å². The lowest BCUT2D eigenvalue weighted by Gasteiger charge is -2.44. The number of rotatable bonds is 6. The van der Waals surface area contributed by atoms with Gasteiger partial charge >= 0.3 is 11.6 Å². The van der Waals surface area contributed by atoms with Crippen molar-refractivity contribution in [3.8, 4) is 0 Å². The van der Waals surface area contributed by atoms with E-state index in [1.807, 2.05) is 0 Å². The number of hydrogen-bond donors (Lipinski definition) is 3. The predicted octanol–water partition coefficient (Wildman–Crippen LogP) is 2.55. The third-order valence-corrected chi connectivity index (χ3v) is 8.39. The number of β-lactam (4-membered cyclic amide) rings is 1. The average Bonchev–Trinajstić information content (AvgIpc) is 3.13. The maximum atomic E-state index is 13.4. The smallest absolute Gasteiger partial charge is 0.349 e. The second-order valence-electron chi connectivity index (χ2n) is 9.53. The third kappa shape index (κ3) is 4.41. The van der Waals surface area contributed by atoms with Crippen LogP contribution in [0.1, 0.15) is 35.8 Å². The van der Waals surface area contributed by atoms with E-state index >= 15 is 0 Å². The van der Waals surface area contributed by atoms with Gasteiger partial charge in [0.05, 0.1) is 0 Å². The number of carboxylic acid groups (broad SMARTS) is 1. The first kappa shape index (κ1) is 25.8. The largest absolute Gasteiger partial charge is 0.480 e. The summed E-state index contributed by atoms with van der Waals surface area (Å²) in [6.45, 7) is 3.46. The minimum absolute atomic E-state index is 0.248. The molecule has 3 N–H and O–H groups in total. The normalized spacial score (nSPS) is 22.3. The van der Waals surface area contributed by atoms with Gasteiger partial charge in [0, 0.05) is 15.2 Å². The number of carbonyl (C=O) groups is 4. The molecule has 4 atom stereocenters. The lowest BCUT2D eigenvalue weighted by atomic mass is 9.95. The van der Waals surface area contributed by atoms with Gasteiger partial charge in [0.15, 0.2) is 0 Å². The Morgan fingerprint density at radius 2 is 1.82 bits per heavy atom. The zero-order chi connectivity index (χ0) is 27.4. The van der Waals surface area contributed by atoms with Crippen LogP contribution in [0.2, 0.25) is 5.02 Å². The Morgan fingerprint density at radius 3 is 2.50 bits per heavy atom. The van der Waals surface area contributed by atoms with Gasteiger partial charge in [-0.15, -0.1) is 11.8 Å². The highest BCUT2D eigenvalue weighted by atomic mass is 35.5. The maximum absolute atomic E-state index is 13.4. The Balaban J connectivity index is 1.40. The molecule has 5 rings (SSSR count). The van der Waals surface area contributed by atoms with Crippen LogP contribution in [-0.2, 0) is 14.4 Å². The van der Waals surface area contributed by atoms with E-state index in [1.54, 1.807) is 50.2 Å². The van der Waals surface area contributed by atoms with Crippen molar-refractivity contribution in [1.82, 2.24) is 15.5 Å². The van der Waals surface area contributed by atoms with Gasteiger partial charge < -0.3 is 25.1 Å². The van der Waals surface area contributed by atoms with Gasteiger partial charge in [-0.3, -0.25) is 14.4 Å². The average molecular weight is 556 g/mol. The van der Waals surface area contributed by atoms with E-state index in [9.17, 15) is 29.1 Å². The summed E-state index contributed by atoms with van der Waals surface area (Å²) >= 11 is 7.31. The fourth-order valence-corrected chi connectivity index (χ4v) is 6.60. The highest BCUT2D eigenvalue weighted by molar-refractivity contribution is 8.01. The molecule has 2 aromatic carbocycles. The quantitative estimate of drug-likeness (QED) is 0.311. The van der Waals surface area contributed by atoms with Crippen LogP contribution >= 0.6 is 23.4 Å². The number of carbonyl (C=O) groups excluding carboxylic acids is 3. The molecule has 1 aromatic heterocycles. The van der Waals surface area contributed by atoms with Crippen LogP contribution in [-0.4, -0.2) is 55.9 Å². The Labute approximate surface area is 225 Å². The molecule has 3 heterocycles. The third-order valence-electron chi connectivity index (χ3n) is 6.58. The maximum Gasteiger partial charge on any atom is 0.349 e. The van der Waals surface area contributed by atoms with Gasteiger partial charge in [-0.25, -0.2) is 9.59 Å². The Hall–Kier alpha value is -3.83. The van der Waals surface area contributed by atoms with Crippen LogP contribution in [0.15, 0.2) is 63.8 Å². The minimum atomic E-state index is -1.25. The van der Waals surface area contributed by atoms with Crippen LogP contribution < -0.4 is 16.3 Å². The molecule has 0 saturated carbocycles. The summed E-state index contributed by atoms with van der Waals surface area (Å²) < 4.78 is 4.48. The summed E-state index contributed by atoms with van der Waals surface area (Å²) in [5, 5.41) is 15.1. The van der Waals surface area contributed by atoms with Gasteiger partial charge in [0.1, 0.15) is 34.6 Å². The van der Waals surface area contributed by atoms with Crippen LogP contribution in [0.4, 0.5) is 0 Å². The number of thioether (sulfide) groups is 1. The number of halogens is 1. The van der Waals surface area contributed by atoms with E-state index in [2.05, 4.69) is 10.6 Å². The van der Waals surface area contributed by atoms with Crippen LogP contribution in [0.25, 0.3) is 11.0 Å². The number of aliphatic carboxylic acids is 1. The van der Waals surface area contributed by atoms with Crippen molar-refractivity contribution in [2.45, 2.75) is 42.1 Å². The number of nitrogens with zero attached hydrogens (tertiary/aromatic N) is 1. The summed E-state index contributed by atoms with van der Waals surface area (Å²) in [5.41, 5.74) is -0.550. The molecule has 3 aromatic rings. The number of hydrogen-bond acceptors (Lipinski definition) is 7. The number of amides is 3. The molecule has 2 saturated heterocycles. The van der Waals surface area contributed by atoms with Crippen LogP contribution in [0, 0.1) is 0 Å². The lowest BCUT2D eigenvalue weighted by Crippen LogP contribution is -2.71. The topological polar surface area (TPSA) is 146 Å². The first-order valence-electron chi connectivity index (χ1n) is 11.6. The number of fused-ring (bicyclic) bond motifs is 2. The van der Waals surface area contributed by atoms with Gasteiger partial charge in [-0.1, -0.05) is 41.9 Å². The monoisotopic (exact) mass is 555 g/mol. The second-order valence-corrected chi connectivity index (χ2v) is 11.7. The molecule has 0 radical (unpaired) electrons. The molecule has 196 valence electrons. The van der Waals surface area contributed by atoms with E-state index in [-0.39, 0.29) is 11.1 Å². The van der Waals surface area contributed by atoms with Gasteiger partial charge in [0.25, 0.3) is 5.91 Å². The number of nitrogens with one attached hydrogen (secondary N) is 2. The lowest BCUT2D eigenvalue weighted by molar-refractivity contribution is -0.161. The molecular formula is C26H22ClN3O7S. The highest BCUT2D eigenvalue weighted by Crippen LogP contribution is 2.50. The van der Waals surface area contributed by atoms with Crippen molar-refractivity contribution in [1.29, 1.82) is 0 Å². The summed E-state index contributed by atoms with van der Waals surface area (Å²) in [6, 6.07) is 11.0. The molecule has 12 heteroatoms. The molecule has 1 unspecified atom stereocenters. The Bertz CT molecular complexity index is 1540. The first-order chi connectivity index (χ1) is 18.0. The predicted molar refractivity (Wildman–Crippen MR) is 140 cm³/mol. The van der Waals surface area contributed by atoms with Gasteiger partial charge in [-0.05, 0) is 43.7 Å². The molecule has 0 aliphatic carbocycles. The Kier molecular flexibility index (Phi) is 6.44. The minimum Gasteiger partial charge on any atom is -0.480 e. The first-order valence-corrected chi connectivity index (χ1v) is 12.9. The van der Waals surface area contributed by atoms with Crippen molar-refractivity contribution in [2.24, 2.45) is 0 Å². The van der Waals surface area contributed by atoms with Crippen molar-refractivity contribution in [2.75, 3.05) is 0 Å². The van der Waals surface area contributed by atoms with E-state index in [4.69, 9.17) is 16.0 Å². The molecule has 2 aliphatic rings. The molecule has 38 heavy (non-hydrogen) atoms. The molecule has 0 spiro atoms. The van der Waals surface area contributed by atoms with Gasteiger partial charge in [0.2, 0.25) is 11.8 Å².